The van der Waals surface area contributed by atoms with Gasteiger partial charge in [0.15, 0.2) is 0 Å². The fraction of sp³-hybridized carbons (Fsp3) is 0.550. The van der Waals surface area contributed by atoms with Crippen molar-refractivity contribution in [1.82, 2.24) is 19.7 Å². The molecule has 1 aliphatic heterocycles. The summed E-state index contributed by atoms with van der Waals surface area (Å²) in [6, 6.07) is 0. The number of piperidine rings is 1. The lowest BCUT2D eigenvalue weighted by Gasteiger charge is -2.33. The first-order chi connectivity index (χ1) is 12.8. The Bertz CT molecular complexity index is 920. The highest BCUT2D eigenvalue weighted by Gasteiger charge is 2.26. The van der Waals surface area contributed by atoms with Crippen molar-refractivity contribution in [3.8, 4) is 0 Å². The number of aromatic nitrogens is 4. The zero-order valence-corrected chi connectivity index (χ0v) is 16.1. The summed E-state index contributed by atoms with van der Waals surface area (Å²) in [6.07, 6.45) is 13.4. The molecule has 136 valence electrons. The summed E-state index contributed by atoms with van der Waals surface area (Å²) in [7, 11) is 0. The second-order valence-corrected chi connectivity index (χ2v) is 8.56. The highest BCUT2D eigenvalue weighted by atomic mass is 32.1. The van der Waals surface area contributed by atoms with Crippen molar-refractivity contribution in [1.29, 1.82) is 0 Å². The number of hydrogen-bond acceptors (Lipinski definition) is 5. The predicted octanol–water partition coefficient (Wildman–Crippen LogP) is 4.17. The minimum Gasteiger partial charge on any atom is -0.356 e. The molecule has 0 atom stereocenters. The number of anilines is 1. The molecule has 4 heterocycles. The van der Waals surface area contributed by atoms with Crippen molar-refractivity contribution in [2.45, 2.75) is 57.9 Å². The summed E-state index contributed by atoms with van der Waals surface area (Å²) < 4.78 is 2.04. The quantitative estimate of drug-likeness (QED) is 0.697. The largest absolute Gasteiger partial charge is 0.356 e. The predicted molar refractivity (Wildman–Crippen MR) is 106 cm³/mol. The molecule has 0 bridgehead atoms. The third-order valence-corrected chi connectivity index (χ3v) is 7.17. The SMILES string of the molecule is CCn1cc(C2CCN(c3ncnc4sc5c(c34)CCCC5)CC2)cn1. The molecule has 5 rings (SSSR count). The van der Waals surface area contributed by atoms with E-state index in [9.17, 15) is 0 Å². The van der Waals surface area contributed by atoms with Gasteiger partial charge in [-0.15, -0.1) is 11.3 Å². The summed E-state index contributed by atoms with van der Waals surface area (Å²) >= 11 is 1.89. The number of nitrogens with zero attached hydrogens (tertiary/aromatic N) is 5. The maximum atomic E-state index is 4.73. The van der Waals surface area contributed by atoms with Crippen molar-refractivity contribution in [3.05, 3.63) is 34.7 Å². The molecule has 0 spiro atoms. The summed E-state index contributed by atoms with van der Waals surface area (Å²) in [5, 5.41) is 5.80. The molecule has 0 saturated carbocycles. The van der Waals surface area contributed by atoms with E-state index in [1.807, 2.05) is 16.0 Å². The lowest BCUT2D eigenvalue weighted by Crippen LogP contribution is -2.33. The molecule has 1 aliphatic carbocycles. The Kier molecular flexibility index (Phi) is 4.15. The normalized spacial score (nSPS) is 18.4. The van der Waals surface area contributed by atoms with Crippen LogP contribution in [0.1, 0.15) is 54.5 Å². The first kappa shape index (κ1) is 16.2. The van der Waals surface area contributed by atoms with Crippen molar-refractivity contribution in [2.24, 2.45) is 0 Å². The Labute approximate surface area is 158 Å². The molecule has 0 unspecified atom stereocenters. The Morgan fingerprint density at radius 3 is 2.81 bits per heavy atom. The van der Waals surface area contributed by atoms with Crippen LogP contribution in [0.25, 0.3) is 10.2 Å². The van der Waals surface area contributed by atoms with Gasteiger partial charge in [-0.2, -0.15) is 5.10 Å². The van der Waals surface area contributed by atoms with Gasteiger partial charge in [-0.25, -0.2) is 9.97 Å². The van der Waals surface area contributed by atoms with Crippen LogP contribution >= 0.6 is 11.3 Å². The first-order valence-corrected chi connectivity index (χ1v) is 10.7. The second kappa shape index (κ2) is 6.65. The van der Waals surface area contributed by atoms with Crippen LogP contribution in [0.4, 0.5) is 5.82 Å². The highest BCUT2D eigenvalue weighted by Crippen LogP contribution is 2.40. The van der Waals surface area contributed by atoms with Gasteiger partial charge in [0.25, 0.3) is 0 Å². The van der Waals surface area contributed by atoms with Gasteiger partial charge < -0.3 is 4.90 Å². The van der Waals surface area contributed by atoms with E-state index < -0.39 is 0 Å². The fourth-order valence-electron chi connectivity index (χ4n) is 4.50. The van der Waals surface area contributed by atoms with E-state index in [1.54, 1.807) is 11.2 Å². The van der Waals surface area contributed by atoms with Crippen molar-refractivity contribution >= 4 is 27.4 Å². The smallest absolute Gasteiger partial charge is 0.141 e. The summed E-state index contributed by atoms with van der Waals surface area (Å²) in [5.41, 5.74) is 2.94. The topological polar surface area (TPSA) is 46.8 Å². The number of aryl methyl sites for hydroxylation is 3. The van der Waals surface area contributed by atoms with Crippen molar-refractivity contribution < 1.29 is 0 Å². The van der Waals surface area contributed by atoms with Crippen LogP contribution in [0.5, 0.6) is 0 Å². The Morgan fingerprint density at radius 1 is 1.15 bits per heavy atom. The number of thiophene rings is 1. The molecule has 6 heteroatoms. The fourth-order valence-corrected chi connectivity index (χ4v) is 5.72. The van der Waals surface area contributed by atoms with Crippen LogP contribution in [0.2, 0.25) is 0 Å². The van der Waals surface area contributed by atoms with E-state index in [4.69, 9.17) is 4.98 Å². The van der Waals surface area contributed by atoms with Crippen LogP contribution in [-0.4, -0.2) is 32.8 Å². The average Bonchev–Trinajstić information content (AvgIpc) is 3.32. The third-order valence-electron chi connectivity index (χ3n) is 5.97. The Balaban J connectivity index is 1.40. The Hall–Kier alpha value is -1.95. The molecule has 1 saturated heterocycles. The third kappa shape index (κ3) is 2.71. The van der Waals surface area contributed by atoms with Gasteiger partial charge in [-0.3, -0.25) is 4.68 Å². The van der Waals surface area contributed by atoms with E-state index in [-0.39, 0.29) is 0 Å². The molecular weight excluding hydrogens is 342 g/mol. The van der Waals surface area contributed by atoms with E-state index >= 15 is 0 Å². The molecule has 0 radical (unpaired) electrons. The maximum absolute atomic E-state index is 4.73. The minimum atomic E-state index is 0.625. The van der Waals surface area contributed by atoms with Gasteiger partial charge in [0.1, 0.15) is 17.0 Å². The lowest BCUT2D eigenvalue weighted by molar-refractivity contribution is 0.502. The molecule has 1 fully saturated rings. The molecule has 3 aromatic rings. The van der Waals surface area contributed by atoms with Crippen LogP contribution in [0.3, 0.4) is 0 Å². The molecule has 5 nitrogen and oxygen atoms in total. The van der Waals surface area contributed by atoms with Gasteiger partial charge in [-0.1, -0.05) is 0 Å². The molecule has 0 aromatic carbocycles. The standard InChI is InChI=1S/C20H25N5S/c1-2-25-12-15(11-23-25)14-7-9-24(10-8-14)19-18-16-5-3-4-6-17(16)26-20(18)22-13-21-19/h11-14H,2-10H2,1H3. The zero-order chi connectivity index (χ0) is 17.5. The van der Waals surface area contributed by atoms with Crippen molar-refractivity contribution in [3.63, 3.8) is 0 Å². The van der Waals surface area contributed by atoms with E-state index in [0.717, 1.165) is 19.6 Å². The van der Waals surface area contributed by atoms with E-state index in [0.29, 0.717) is 5.92 Å². The van der Waals surface area contributed by atoms with Crippen LogP contribution in [0, 0.1) is 0 Å². The van der Waals surface area contributed by atoms with E-state index in [1.165, 1.54) is 65.7 Å². The highest BCUT2D eigenvalue weighted by molar-refractivity contribution is 7.19. The van der Waals surface area contributed by atoms with Gasteiger partial charge in [0.05, 0.1) is 11.6 Å². The van der Waals surface area contributed by atoms with Crippen molar-refractivity contribution in [2.75, 3.05) is 18.0 Å². The molecule has 0 amide bonds. The van der Waals surface area contributed by atoms with Gasteiger partial charge in [-0.05, 0) is 62.5 Å². The minimum absolute atomic E-state index is 0.625. The summed E-state index contributed by atoms with van der Waals surface area (Å²) in [4.78, 5) is 14.5. The van der Waals surface area contributed by atoms with Crippen LogP contribution in [-0.2, 0) is 19.4 Å². The van der Waals surface area contributed by atoms with Gasteiger partial charge in [0, 0.05) is 30.7 Å². The van der Waals surface area contributed by atoms with Crippen LogP contribution < -0.4 is 4.90 Å². The van der Waals surface area contributed by atoms with Gasteiger partial charge >= 0.3 is 0 Å². The lowest BCUT2D eigenvalue weighted by atomic mass is 9.91. The number of fused-ring (bicyclic) bond motifs is 3. The first-order valence-electron chi connectivity index (χ1n) is 9.86. The summed E-state index contributed by atoms with van der Waals surface area (Å²) in [5.74, 6) is 1.80. The second-order valence-electron chi connectivity index (χ2n) is 7.48. The number of hydrogen-bond donors (Lipinski definition) is 0. The summed E-state index contributed by atoms with van der Waals surface area (Å²) in [6.45, 7) is 5.22. The molecular formula is C20H25N5S. The van der Waals surface area contributed by atoms with E-state index in [2.05, 4.69) is 34.3 Å². The monoisotopic (exact) mass is 367 g/mol. The number of rotatable bonds is 3. The Morgan fingerprint density at radius 2 is 2.00 bits per heavy atom. The van der Waals surface area contributed by atoms with Crippen LogP contribution in [0.15, 0.2) is 18.7 Å². The maximum Gasteiger partial charge on any atom is 0.141 e. The van der Waals surface area contributed by atoms with Gasteiger partial charge in [0.2, 0.25) is 0 Å². The zero-order valence-electron chi connectivity index (χ0n) is 15.3. The molecule has 26 heavy (non-hydrogen) atoms. The molecule has 3 aromatic heterocycles. The average molecular weight is 368 g/mol. The molecule has 0 N–H and O–H groups in total. The molecule has 2 aliphatic rings.